The number of hydrogen-bond donors (Lipinski definition) is 0. The number of anilines is 1. The molecule has 0 amide bonds. The van der Waals surface area contributed by atoms with Crippen molar-refractivity contribution in [3.05, 3.63) is 34.9 Å². The molecule has 0 unspecified atom stereocenters. The first-order valence-electron chi connectivity index (χ1n) is 7.52. The van der Waals surface area contributed by atoms with Crippen molar-refractivity contribution in [1.82, 2.24) is 14.5 Å². The van der Waals surface area contributed by atoms with Crippen molar-refractivity contribution >= 4 is 5.95 Å². The SMILES string of the molecule is COc1cnccc1-c1cc(=O)n(C)c(N2CCOC[C@H]2C)n1. The highest BCUT2D eigenvalue weighted by molar-refractivity contribution is 5.67. The molecule has 0 bridgehead atoms. The van der Waals surface area contributed by atoms with E-state index in [4.69, 9.17) is 14.5 Å². The van der Waals surface area contributed by atoms with Gasteiger partial charge in [0.1, 0.15) is 5.75 Å². The van der Waals surface area contributed by atoms with E-state index >= 15 is 0 Å². The zero-order valence-electron chi connectivity index (χ0n) is 13.5. The number of methoxy groups -OCH3 is 1. The fraction of sp³-hybridized carbons (Fsp3) is 0.438. The van der Waals surface area contributed by atoms with Crippen LogP contribution in [0.3, 0.4) is 0 Å². The molecular weight excluding hydrogens is 296 g/mol. The van der Waals surface area contributed by atoms with Gasteiger partial charge in [-0.15, -0.1) is 0 Å². The number of pyridine rings is 1. The first-order chi connectivity index (χ1) is 11.1. The van der Waals surface area contributed by atoms with Crippen molar-refractivity contribution in [2.24, 2.45) is 7.05 Å². The van der Waals surface area contributed by atoms with E-state index < -0.39 is 0 Å². The van der Waals surface area contributed by atoms with Crippen molar-refractivity contribution in [2.75, 3.05) is 31.8 Å². The van der Waals surface area contributed by atoms with Crippen molar-refractivity contribution in [3.63, 3.8) is 0 Å². The molecule has 23 heavy (non-hydrogen) atoms. The third kappa shape index (κ3) is 2.92. The average molecular weight is 316 g/mol. The fourth-order valence-corrected chi connectivity index (χ4v) is 2.70. The molecule has 122 valence electrons. The van der Waals surface area contributed by atoms with Gasteiger partial charge in [-0.3, -0.25) is 14.3 Å². The van der Waals surface area contributed by atoms with Gasteiger partial charge in [-0.1, -0.05) is 0 Å². The topological polar surface area (TPSA) is 69.5 Å². The summed E-state index contributed by atoms with van der Waals surface area (Å²) in [6.45, 7) is 4.02. The molecule has 2 aromatic heterocycles. The highest BCUT2D eigenvalue weighted by Crippen LogP contribution is 2.28. The van der Waals surface area contributed by atoms with Crippen LogP contribution in [0.2, 0.25) is 0 Å². The Kier molecular flexibility index (Phi) is 4.29. The largest absolute Gasteiger partial charge is 0.494 e. The number of hydrogen-bond acceptors (Lipinski definition) is 6. The van der Waals surface area contributed by atoms with Crippen LogP contribution in [-0.2, 0) is 11.8 Å². The molecule has 0 saturated carbocycles. The number of nitrogens with zero attached hydrogens (tertiary/aromatic N) is 4. The van der Waals surface area contributed by atoms with Crippen molar-refractivity contribution in [3.8, 4) is 17.0 Å². The summed E-state index contributed by atoms with van der Waals surface area (Å²) >= 11 is 0. The molecule has 0 spiro atoms. The summed E-state index contributed by atoms with van der Waals surface area (Å²) in [4.78, 5) is 23.2. The first kappa shape index (κ1) is 15.5. The lowest BCUT2D eigenvalue weighted by Gasteiger charge is -2.35. The lowest BCUT2D eigenvalue weighted by atomic mass is 10.1. The van der Waals surface area contributed by atoms with Gasteiger partial charge in [-0.05, 0) is 13.0 Å². The highest BCUT2D eigenvalue weighted by atomic mass is 16.5. The number of ether oxygens (including phenoxy) is 2. The monoisotopic (exact) mass is 316 g/mol. The molecule has 0 N–H and O–H groups in total. The predicted octanol–water partition coefficient (Wildman–Crippen LogP) is 1.08. The summed E-state index contributed by atoms with van der Waals surface area (Å²) in [5.74, 6) is 1.23. The van der Waals surface area contributed by atoms with Crippen molar-refractivity contribution in [2.45, 2.75) is 13.0 Å². The Morgan fingerprint density at radius 2 is 2.26 bits per heavy atom. The lowest BCUT2D eigenvalue weighted by molar-refractivity contribution is 0.0976. The molecule has 0 aromatic carbocycles. The Morgan fingerprint density at radius 3 is 3.00 bits per heavy atom. The molecule has 1 aliphatic rings. The van der Waals surface area contributed by atoms with Crippen LogP contribution in [0, 0.1) is 0 Å². The summed E-state index contributed by atoms with van der Waals surface area (Å²) < 4.78 is 12.4. The average Bonchev–Trinajstić information content (AvgIpc) is 2.58. The zero-order valence-corrected chi connectivity index (χ0v) is 13.5. The standard InChI is InChI=1S/C16H20N4O3/c1-11-10-23-7-6-20(11)16-18-13(8-15(21)19(16)2)12-4-5-17-9-14(12)22-3/h4-5,8-9,11H,6-7,10H2,1-3H3/t11-/m1/s1. The summed E-state index contributed by atoms with van der Waals surface area (Å²) in [5.41, 5.74) is 1.23. The first-order valence-corrected chi connectivity index (χ1v) is 7.52. The van der Waals surface area contributed by atoms with Crippen LogP contribution in [0.4, 0.5) is 5.95 Å². The second-order valence-corrected chi connectivity index (χ2v) is 5.53. The minimum absolute atomic E-state index is 0.109. The molecule has 3 heterocycles. The normalized spacial score (nSPS) is 18.0. The minimum Gasteiger partial charge on any atom is -0.494 e. The van der Waals surface area contributed by atoms with Gasteiger partial charge < -0.3 is 14.4 Å². The lowest BCUT2D eigenvalue weighted by Crippen LogP contribution is -2.46. The molecule has 7 nitrogen and oxygen atoms in total. The van der Waals surface area contributed by atoms with E-state index in [9.17, 15) is 4.79 Å². The third-order valence-corrected chi connectivity index (χ3v) is 4.02. The molecule has 1 atom stereocenters. The van der Waals surface area contributed by atoms with Crippen LogP contribution in [0.15, 0.2) is 29.3 Å². The Hall–Kier alpha value is -2.41. The van der Waals surface area contributed by atoms with Gasteiger partial charge in [0, 0.05) is 31.4 Å². The predicted molar refractivity (Wildman–Crippen MR) is 86.9 cm³/mol. The number of rotatable bonds is 3. The molecule has 0 aliphatic carbocycles. The van der Waals surface area contributed by atoms with Gasteiger partial charge in [-0.25, -0.2) is 4.98 Å². The Morgan fingerprint density at radius 1 is 1.43 bits per heavy atom. The van der Waals surface area contributed by atoms with Crippen LogP contribution in [0.5, 0.6) is 5.75 Å². The molecule has 7 heteroatoms. The minimum atomic E-state index is -0.109. The van der Waals surface area contributed by atoms with Crippen LogP contribution < -0.4 is 15.2 Å². The summed E-state index contributed by atoms with van der Waals surface area (Å²) in [7, 11) is 3.31. The smallest absolute Gasteiger partial charge is 0.255 e. The van der Waals surface area contributed by atoms with E-state index in [2.05, 4.69) is 16.8 Å². The van der Waals surface area contributed by atoms with Crippen molar-refractivity contribution < 1.29 is 9.47 Å². The molecule has 0 radical (unpaired) electrons. The number of aromatic nitrogens is 3. The van der Waals surface area contributed by atoms with Gasteiger partial charge in [0.2, 0.25) is 5.95 Å². The van der Waals surface area contributed by atoms with Crippen LogP contribution >= 0.6 is 0 Å². The molecule has 1 saturated heterocycles. The maximum absolute atomic E-state index is 12.4. The van der Waals surface area contributed by atoms with Crippen molar-refractivity contribution in [1.29, 1.82) is 0 Å². The van der Waals surface area contributed by atoms with Crippen LogP contribution in [0.1, 0.15) is 6.92 Å². The van der Waals surface area contributed by atoms with Gasteiger partial charge in [-0.2, -0.15) is 0 Å². The molecule has 2 aromatic rings. The van der Waals surface area contributed by atoms with E-state index in [-0.39, 0.29) is 11.6 Å². The molecule has 3 rings (SSSR count). The molecular formula is C16H20N4O3. The molecule has 1 aliphatic heterocycles. The zero-order chi connectivity index (χ0) is 16.4. The van der Waals surface area contributed by atoms with E-state index in [1.165, 1.54) is 6.07 Å². The Labute approximate surface area is 134 Å². The quantitative estimate of drug-likeness (QED) is 0.844. The number of morpholine rings is 1. The van der Waals surface area contributed by atoms with E-state index in [1.807, 2.05) is 0 Å². The highest BCUT2D eigenvalue weighted by Gasteiger charge is 2.23. The van der Waals surface area contributed by atoms with Gasteiger partial charge in [0.05, 0.1) is 38.3 Å². The van der Waals surface area contributed by atoms with Crippen LogP contribution in [0.25, 0.3) is 11.3 Å². The molecule has 1 fully saturated rings. The van der Waals surface area contributed by atoms with Gasteiger partial charge >= 0.3 is 0 Å². The van der Waals surface area contributed by atoms with Crippen LogP contribution in [-0.4, -0.2) is 47.4 Å². The maximum atomic E-state index is 12.4. The van der Waals surface area contributed by atoms with E-state index in [0.717, 1.165) is 5.56 Å². The second kappa shape index (κ2) is 6.37. The summed E-state index contributed by atoms with van der Waals surface area (Å²) in [6.07, 6.45) is 3.28. The summed E-state index contributed by atoms with van der Waals surface area (Å²) in [6, 6.07) is 3.48. The van der Waals surface area contributed by atoms with Gasteiger partial charge in [0.25, 0.3) is 5.56 Å². The van der Waals surface area contributed by atoms with E-state index in [1.54, 1.807) is 37.2 Å². The fourth-order valence-electron chi connectivity index (χ4n) is 2.70. The Bertz CT molecular complexity index is 759. The third-order valence-electron chi connectivity index (χ3n) is 4.02. The second-order valence-electron chi connectivity index (χ2n) is 5.53. The summed E-state index contributed by atoms with van der Waals surface area (Å²) in [5, 5.41) is 0. The van der Waals surface area contributed by atoms with Gasteiger partial charge in [0.15, 0.2) is 0 Å². The Balaban J connectivity index is 2.12. The van der Waals surface area contributed by atoms with E-state index in [0.29, 0.717) is 37.2 Å². The maximum Gasteiger partial charge on any atom is 0.255 e.